The smallest absolute Gasteiger partial charge is 0 e. The average molecular weight is 240 g/mol. The van der Waals surface area contributed by atoms with Crippen molar-refractivity contribution >= 4 is 0 Å². The average Bonchev–Trinajstić information content (AvgIpc) is 1.33. The molecule has 0 aliphatic carbocycles. The number of hydrogen-bond acceptors (Lipinski definition) is 0. The molecule has 0 nitrogen and oxygen atoms in total. The van der Waals surface area contributed by atoms with Crippen molar-refractivity contribution in [1.82, 2.24) is 0 Å². The van der Waals surface area contributed by atoms with Crippen molar-refractivity contribution in [2.75, 3.05) is 0 Å². The monoisotopic (exact) mass is 240 g/mol. The van der Waals surface area contributed by atoms with Crippen molar-refractivity contribution in [2.24, 2.45) is 0 Å². The van der Waals surface area contributed by atoms with E-state index in [4.69, 9.17) is 0 Å². The van der Waals surface area contributed by atoms with Gasteiger partial charge >= 0.3 is 0 Å². The fourth-order valence-electron chi connectivity index (χ4n) is 0. The van der Waals surface area contributed by atoms with Crippen LogP contribution < -0.4 is 0 Å². The molecular weight excluding hydrogens is 224 g/mol. The van der Waals surface area contributed by atoms with Crippen molar-refractivity contribution in [1.29, 1.82) is 0 Å². The van der Waals surface area contributed by atoms with E-state index in [9.17, 15) is 0 Å². The summed E-state index contributed by atoms with van der Waals surface area (Å²) in [6.45, 7) is 10.2. The normalized spacial score (nSPS) is 6.00. The molecule has 0 N–H and O–H groups in total. The number of hydrogen-bond donors (Lipinski definition) is 0. The summed E-state index contributed by atoms with van der Waals surface area (Å²) in [5, 5.41) is 0. The second kappa shape index (κ2) is 22.6. The Morgan fingerprint density at radius 2 is 1.00 bits per heavy atom. The molecule has 0 heterocycles. The molecule has 0 unspecified atom stereocenters. The van der Waals surface area contributed by atoms with Gasteiger partial charge in [-0.25, -0.2) is 0 Å². The quantitative estimate of drug-likeness (QED) is 0.571. The van der Waals surface area contributed by atoms with E-state index in [0.29, 0.717) is 0 Å². The van der Waals surface area contributed by atoms with Gasteiger partial charge in [-0.3, -0.25) is 0 Å². The third kappa shape index (κ3) is 201. The Hall–Kier alpha value is 1.69. The Morgan fingerprint density at radius 1 is 1.00 bits per heavy atom. The maximum Gasteiger partial charge on any atom is 0 e. The van der Waals surface area contributed by atoms with E-state index in [1.165, 1.54) is 5.92 Å². The fraction of sp³-hybridized carbons (Fsp3) is 0.714. The van der Waals surface area contributed by atoms with Gasteiger partial charge in [0.2, 0.25) is 0 Å². The Bertz CT molecular complexity index is 20.1. The summed E-state index contributed by atoms with van der Waals surface area (Å²) in [6.07, 6.45) is 2.00. The summed E-state index contributed by atoms with van der Waals surface area (Å²) in [6, 6.07) is 0. The summed E-state index contributed by atoms with van der Waals surface area (Å²) < 4.78 is 0. The molecule has 0 saturated carbocycles. The minimum Gasteiger partial charge on any atom is -0.335 e. The largest absolute Gasteiger partial charge is 0.335 e. The number of rotatable bonds is 0. The molecule has 0 aromatic rings. The molecule has 0 rings (SSSR count). The van der Waals surface area contributed by atoms with Gasteiger partial charge in [0.05, 0.1) is 0 Å². The van der Waals surface area contributed by atoms with E-state index in [1.54, 1.807) is 0 Å². The second-order valence-corrected chi connectivity index (χ2v) is 2.08. The van der Waals surface area contributed by atoms with Gasteiger partial charge in [0.1, 0.15) is 0 Å². The summed E-state index contributed by atoms with van der Waals surface area (Å²) in [7, 11) is 0. The van der Waals surface area contributed by atoms with Gasteiger partial charge in [-0.1, -0.05) is 0 Å². The molecule has 0 aromatic carbocycles. The molecule has 2 heteroatoms. The molecule has 0 aromatic heterocycles. The first kappa shape index (κ1) is 22.4. The van der Waals surface area contributed by atoms with E-state index < -0.39 is 0 Å². The van der Waals surface area contributed by atoms with Gasteiger partial charge < -0.3 is 12.3 Å². The van der Waals surface area contributed by atoms with Gasteiger partial charge in [0, 0.05) is 51.3 Å². The molecule has 0 spiro atoms. The van der Waals surface area contributed by atoms with Crippen molar-refractivity contribution in [3.8, 4) is 0 Å². The van der Waals surface area contributed by atoms with Crippen LogP contribution in [-0.2, 0) is 51.3 Å². The zero-order valence-electron chi connectivity index (χ0n) is 7.10. The van der Waals surface area contributed by atoms with Crippen molar-refractivity contribution in [2.45, 2.75) is 34.6 Å². The van der Waals surface area contributed by atoms with Gasteiger partial charge in [-0.15, -0.1) is 0 Å². The Balaban J connectivity index is -0.0000000233. The molecule has 2 radical (unpaired) electrons. The van der Waals surface area contributed by atoms with Crippen LogP contribution in [0.2, 0.25) is 0 Å². The van der Waals surface area contributed by atoms with Crippen LogP contribution in [0.3, 0.4) is 0 Å². The van der Waals surface area contributed by atoms with Gasteiger partial charge in [0.15, 0.2) is 0 Å². The first-order valence-electron chi connectivity index (χ1n) is 2.65. The molecule has 0 saturated heterocycles. The third-order valence-corrected chi connectivity index (χ3v) is 0. The van der Waals surface area contributed by atoms with Crippen LogP contribution in [0.1, 0.15) is 34.6 Å². The van der Waals surface area contributed by atoms with Crippen LogP contribution in [0.25, 0.3) is 0 Å². The first-order valence-corrected chi connectivity index (χ1v) is 2.65. The van der Waals surface area contributed by atoms with Crippen LogP contribution >= 0.6 is 0 Å². The van der Waals surface area contributed by atoms with Crippen LogP contribution in [0.5, 0.6) is 0 Å². The molecule has 0 amide bonds. The van der Waals surface area contributed by atoms with Crippen molar-refractivity contribution in [3.05, 3.63) is 12.3 Å². The zero-order chi connectivity index (χ0) is 6.28. The van der Waals surface area contributed by atoms with Gasteiger partial charge in [0.25, 0.3) is 0 Å². The first-order chi connectivity index (χ1) is 3.15. The van der Waals surface area contributed by atoms with Crippen LogP contribution in [0, 0.1) is 12.3 Å². The summed E-state index contributed by atoms with van der Waals surface area (Å²) >= 11 is 0. The fourth-order valence-corrected chi connectivity index (χ4v) is 0. The van der Waals surface area contributed by atoms with E-state index in [2.05, 4.69) is 20.8 Å². The Kier molecular flexibility index (Phi) is 56.3. The molecule has 0 aliphatic heterocycles. The molecule has 9 heavy (non-hydrogen) atoms. The van der Waals surface area contributed by atoms with Crippen LogP contribution in [0.4, 0.5) is 0 Å². The molecule has 54 valence electrons. The minimum atomic E-state index is 0. The molecular formula is C7H16VY-2. The maximum absolute atomic E-state index is 2.08. The molecule has 0 atom stereocenters. The van der Waals surface area contributed by atoms with Gasteiger partial charge in [-0.2, -0.15) is 34.6 Å². The van der Waals surface area contributed by atoms with Crippen LogP contribution in [0.15, 0.2) is 0 Å². The van der Waals surface area contributed by atoms with Gasteiger partial charge in [-0.05, 0) is 0 Å². The minimum absolute atomic E-state index is 0. The summed E-state index contributed by atoms with van der Waals surface area (Å²) in [5.41, 5.74) is 0. The van der Waals surface area contributed by atoms with Crippen molar-refractivity contribution < 1.29 is 51.3 Å². The Morgan fingerprint density at radius 3 is 1.00 bits per heavy atom. The molecule has 0 fully saturated rings. The standard InChI is InChI=1S/C4H9.C3H7.V.Y/c1-4(2)3;1-3-2;;/h1-3H3;3H,1-2H3;;/q2*-1;;. The Labute approximate surface area is 97.3 Å². The predicted molar refractivity (Wildman–Crippen MR) is 35.9 cm³/mol. The zero-order valence-corrected chi connectivity index (χ0v) is 11.3. The van der Waals surface area contributed by atoms with E-state index >= 15 is 0 Å². The maximum atomic E-state index is 2.08. The van der Waals surface area contributed by atoms with E-state index in [1.807, 2.05) is 20.3 Å². The molecule has 0 bridgehead atoms. The SMILES string of the molecule is C[C-](C)C.C[CH-]C.[V].[Y]. The van der Waals surface area contributed by atoms with Crippen LogP contribution in [-0.4, -0.2) is 0 Å². The molecule has 0 aliphatic rings. The van der Waals surface area contributed by atoms with E-state index in [-0.39, 0.29) is 51.3 Å². The topological polar surface area (TPSA) is 0 Å². The summed E-state index contributed by atoms with van der Waals surface area (Å²) in [5.74, 6) is 1.42. The van der Waals surface area contributed by atoms with E-state index in [0.717, 1.165) is 0 Å². The third-order valence-electron chi connectivity index (χ3n) is 0. The predicted octanol–water partition coefficient (Wildman–Crippen LogP) is 2.85. The van der Waals surface area contributed by atoms with Crippen molar-refractivity contribution in [3.63, 3.8) is 0 Å². The second-order valence-electron chi connectivity index (χ2n) is 2.08. The summed E-state index contributed by atoms with van der Waals surface area (Å²) in [4.78, 5) is 0.